The zero-order valence-corrected chi connectivity index (χ0v) is 7.56. The fraction of sp³-hybridized carbons (Fsp3) is 0.444. The Morgan fingerprint density at radius 2 is 2.50 bits per heavy atom. The van der Waals surface area contributed by atoms with Crippen molar-refractivity contribution in [1.82, 2.24) is 10.3 Å². The molecule has 5 nitrogen and oxygen atoms in total. The van der Waals surface area contributed by atoms with Gasteiger partial charge in [-0.25, -0.2) is 0 Å². The number of carbonyl (C=O) groups excluding carboxylic acids is 1. The maximum absolute atomic E-state index is 11.5. The van der Waals surface area contributed by atoms with Crippen molar-refractivity contribution in [3.63, 3.8) is 0 Å². The van der Waals surface area contributed by atoms with Gasteiger partial charge in [0.2, 0.25) is 0 Å². The number of hydrogen-bond acceptors (Lipinski definition) is 3. The van der Waals surface area contributed by atoms with E-state index in [1.54, 1.807) is 18.5 Å². The maximum Gasteiger partial charge on any atom is 0.253 e. The summed E-state index contributed by atoms with van der Waals surface area (Å²) in [5.41, 5.74) is 0.559. The molecule has 1 fully saturated rings. The molecule has 14 heavy (non-hydrogen) atoms. The van der Waals surface area contributed by atoms with Crippen molar-refractivity contribution in [3.8, 4) is 0 Å². The summed E-state index contributed by atoms with van der Waals surface area (Å²) in [5, 5.41) is 12.1. The lowest BCUT2D eigenvalue weighted by molar-refractivity contribution is 0.0886. The number of rotatable bonds is 2. The molecule has 3 N–H and O–H groups in total. The summed E-state index contributed by atoms with van der Waals surface area (Å²) in [4.78, 5) is 14.3. The average Bonchev–Trinajstić information content (AvgIpc) is 2.77. The van der Waals surface area contributed by atoms with E-state index >= 15 is 0 Å². The Bertz CT molecular complexity index is 310. The smallest absolute Gasteiger partial charge is 0.253 e. The van der Waals surface area contributed by atoms with Gasteiger partial charge < -0.3 is 20.1 Å². The van der Waals surface area contributed by atoms with Gasteiger partial charge in [-0.05, 0) is 6.07 Å². The Labute approximate surface area is 81.1 Å². The van der Waals surface area contributed by atoms with E-state index in [9.17, 15) is 9.90 Å². The van der Waals surface area contributed by atoms with Crippen molar-refractivity contribution in [2.45, 2.75) is 12.1 Å². The first kappa shape index (κ1) is 9.23. The second-order valence-corrected chi connectivity index (χ2v) is 3.28. The zero-order chi connectivity index (χ0) is 9.97. The van der Waals surface area contributed by atoms with Crippen molar-refractivity contribution in [1.29, 1.82) is 0 Å². The molecule has 0 saturated carbocycles. The van der Waals surface area contributed by atoms with Crippen LogP contribution in [0, 0.1) is 0 Å². The number of aliphatic hydroxyl groups excluding tert-OH is 1. The normalized spacial score (nSPS) is 26.4. The molecule has 1 aliphatic rings. The number of ether oxygens (including phenoxy) is 1. The van der Waals surface area contributed by atoms with Crippen LogP contribution in [0.2, 0.25) is 0 Å². The van der Waals surface area contributed by atoms with Crippen molar-refractivity contribution >= 4 is 5.91 Å². The van der Waals surface area contributed by atoms with Crippen LogP contribution in [0.4, 0.5) is 0 Å². The van der Waals surface area contributed by atoms with Gasteiger partial charge in [-0.1, -0.05) is 0 Å². The number of aromatic nitrogens is 1. The Morgan fingerprint density at radius 1 is 1.64 bits per heavy atom. The van der Waals surface area contributed by atoms with E-state index in [0.717, 1.165) is 0 Å². The summed E-state index contributed by atoms with van der Waals surface area (Å²) in [6, 6.07) is 1.38. The van der Waals surface area contributed by atoms with Crippen molar-refractivity contribution < 1.29 is 14.6 Å². The summed E-state index contributed by atoms with van der Waals surface area (Å²) in [6.45, 7) is 0.662. The second-order valence-electron chi connectivity index (χ2n) is 3.28. The molecule has 0 radical (unpaired) electrons. The van der Waals surface area contributed by atoms with Crippen molar-refractivity contribution in [2.24, 2.45) is 0 Å². The molecule has 0 aliphatic carbocycles. The van der Waals surface area contributed by atoms with Gasteiger partial charge in [0.15, 0.2) is 0 Å². The van der Waals surface area contributed by atoms with E-state index < -0.39 is 6.10 Å². The highest BCUT2D eigenvalue weighted by Gasteiger charge is 2.27. The predicted molar refractivity (Wildman–Crippen MR) is 48.9 cm³/mol. The monoisotopic (exact) mass is 196 g/mol. The minimum absolute atomic E-state index is 0.194. The fourth-order valence-corrected chi connectivity index (χ4v) is 1.40. The SMILES string of the molecule is O=C(NC1COCC1O)c1cc[nH]c1. The summed E-state index contributed by atoms with van der Waals surface area (Å²) < 4.78 is 5.02. The van der Waals surface area contributed by atoms with E-state index in [0.29, 0.717) is 12.2 Å². The van der Waals surface area contributed by atoms with Crippen LogP contribution in [-0.2, 0) is 4.74 Å². The number of carbonyl (C=O) groups is 1. The van der Waals surface area contributed by atoms with Gasteiger partial charge in [-0.15, -0.1) is 0 Å². The summed E-state index contributed by atoms with van der Waals surface area (Å²) in [7, 11) is 0. The molecule has 2 unspecified atom stereocenters. The Kier molecular flexibility index (Phi) is 2.51. The van der Waals surface area contributed by atoms with Crippen LogP contribution in [0.3, 0.4) is 0 Å². The molecule has 0 aromatic carbocycles. The van der Waals surface area contributed by atoms with E-state index in [2.05, 4.69) is 10.3 Å². The Morgan fingerprint density at radius 3 is 3.07 bits per heavy atom. The van der Waals surface area contributed by atoms with Gasteiger partial charge in [0.1, 0.15) is 0 Å². The highest BCUT2D eigenvalue weighted by atomic mass is 16.5. The summed E-state index contributed by atoms with van der Waals surface area (Å²) in [5.74, 6) is -0.194. The number of aromatic amines is 1. The largest absolute Gasteiger partial charge is 0.388 e. The van der Waals surface area contributed by atoms with Gasteiger partial charge in [0.25, 0.3) is 5.91 Å². The van der Waals surface area contributed by atoms with Gasteiger partial charge in [-0.2, -0.15) is 0 Å². The van der Waals surface area contributed by atoms with Crippen LogP contribution in [-0.4, -0.2) is 41.4 Å². The van der Waals surface area contributed by atoms with Crippen LogP contribution in [0.15, 0.2) is 18.5 Å². The quantitative estimate of drug-likeness (QED) is 0.597. The first-order chi connectivity index (χ1) is 6.77. The van der Waals surface area contributed by atoms with Gasteiger partial charge in [0.05, 0.1) is 30.9 Å². The molecule has 76 valence electrons. The third-order valence-electron chi connectivity index (χ3n) is 2.23. The van der Waals surface area contributed by atoms with Crippen LogP contribution in [0.5, 0.6) is 0 Å². The van der Waals surface area contributed by atoms with Crippen LogP contribution in [0.25, 0.3) is 0 Å². The third-order valence-corrected chi connectivity index (χ3v) is 2.23. The average molecular weight is 196 g/mol. The maximum atomic E-state index is 11.5. The molecule has 2 heterocycles. The molecule has 0 bridgehead atoms. The number of hydrogen-bond donors (Lipinski definition) is 3. The first-order valence-corrected chi connectivity index (χ1v) is 4.47. The summed E-state index contributed by atoms with van der Waals surface area (Å²) >= 11 is 0. The number of nitrogens with one attached hydrogen (secondary N) is 2. The lowest BCUT2D eigenvalue weighted by Crippen LogP contribution is -2.42. The number of aliphatic hydroxyl groups is 1. The van der Waals surface area contributed by atoms with E-state index in [-0.39, 0.29) is 18.6 Å². The van der Waals surface area contributed by atoms with Crippen LogP contribution >= 0.6 is 0 Å². The molecule has 1 aromatic rings. The fourth-order valence-electron chi connectivity index (χ4n) is 1.40. The minimum Gasteiger partial charge on any atom is -0.388 e. The topological polar surface area (TPSA) is 74.3 Å². The summed E-state index contributed by atoms with van der Waals surface area (Å²) in [6.07, 6.45) is 2.69. The molecular weight excluding hydrogens is 184 g/mol. The first-order valence-electron chi connectivity index (χ1n) is 4.47. The van der Waals surface area contributed by atoms with Crippen LogP contribution < -0.4 is 5.32 Å². The second kappa shape index (κ2) is 3.81. The molecule has 1 aliphatic heterocycles. The molecule has 5 heteroatoms. The Hall–Kier alpha value is -1.33. The molecule has 2 atom stereocenters. The van der Waals surface area contributed by atoms with E-state index in [1.807, 2.05) is 0 Å². The van der Waals surface area contributed by atoms with Gasteiger partial charge in [0, 0.05) is 12.4 Å². The zero-order valence-electron chi connectivity index (χ0n) is 7.56. The van der Waals surface area contributed by atoms with E-state index in [4.69, 9.17) is 4.74 Å². The molecule has 1 aromatic heterocycles. The molecule has 2 rings (SSSR count). The lowest BCUT2D eigenvalue weighted by atomic mass is 10.2. The molecular formula is C9H12N2O3. The molecule has 0 spiro atoms. The molecule has 1 saturated heterocycles. The lowest BCUT2D eigenvalue weighted by Gasteiger charge is -2.13. The third kappa shape index (κ3) is 1.78. The number of amides is 1. The van der Waals surface area contributed by atoms with Gasteiger partial charge >= 0.3 is 0 Å². The molecule has 1 amide bonds. The Balaban J connectivity index is 1.95. The predicted octanol–water partition coefficient (Wildman–Crippen LogP) is -0.496. The van der Waals surface area contributed by atoms with Crippen LogP contribution in [0.1, 0.15) is 10.4 Å². The van der Waals surface area contributed by atoms with E-state index in [1.165, 1.54) is 0 Å². The standard InChI is InChI=1S/C9H12N2O3/c12-8-5-14-4-7(8)11-9(13)6-1-2-10-3-6/h1-3,7-8,10,12H,4-5H2,(H,11,13). The highest BCUT2D eigenvalue weighted by molar-refractivity contribution is 5.94. The highest BCUT2D eigenvalue weighted by Crippen LogP contribution is 2.06. The minimum atomic E-state index is -0.599. The van der Waals surface area contributed by atoms with Crippen molar-refractivity contribution in [3.05, 3.63) is 24.0 Å². The van der Waals surface area contributed by atoms with Crippen molar-refractivity contribution in [2.75, 3.05) is 13.2 Å². The van der Waals surface area contributed by atoms with Gasteiger partial charge in [-0.3, -0.25) is 4.79 Å². The number of H-pyrrole nitrogens is 1.